The minimum Gasteiger partial charge on any atom is -0.481 e. The number of carbonyl (C=O) groups excluding carboxylic acids is 1. The number of carboxylic acid groups (broad SMARTS) is 2. The SMILES string of the molecule is Cc1nc(C(=O)NC(CC(=O)O)C(=O)O)ccc1C#N. The molecule has 1 unspecified atom stereocenters. The number of nitrogens with zero attached hydrogens (tertiary/aromatic N) is 2. The maximum absolute atomic E-state index is 11.8. The molecule has 8 heteroatoms. The molecule has 20 heavy (non-hydrogen) atoms. The molecule has 1 heterocycles. The van der Waals surface area contributed by atoms with Crippen LogP contribution >= 0.6 is 0 Å². The second-order valence-corrected chi connectivity index (χ2v) is 3.90. The predicted octanol–water partition coefficient (Wildman–Crippen LogP) is -0.0806. The number of aliphatic carboxylic acids is 2. The van der Waals surface area contributed by atoms with Gasteiger partial charge in [0, 0.05) is 0 Å². The standard InChI is InChI=1S/C12H11N3O5/c1-6-7(5-13)2-3-8(14-6)11(18)15-9(12(19)20)4-10(16)17/h2-3,9H,4H2,1H3,(H,15,18)(H,16,17)(H,19,20). The van der Waals surface area contributed by atoms with Crippen molar-refractivity contribution in [3.05, 3.63) is 29.1 Å². The summed E-state index contributed by atoms with van der Waals surface area (Å²) in [7, 11) is 0. The molecule has 1 aromatic rings. The van der Waals surface area contributed by atoms with E-state index in [1.807, 2.05) is 6.07 Å². The summed E-state index contributed by atoms with van der Waals surface area (Å²) in [5, 5.41) is 28.2. The van der Waals surface area contributed by atoms with Gasteiger partial charge in [-0.3, -0.25) is 9.59 Å². The van der Waals surface area contributed by atoms with Gasteiger partial charge in [-0.05, 0) is 19.1 Å². The lowest BCUT2D eigenvalue weighted by atomic mass is 10.1. The van der Waals surface area contributed by atoms with Crippen LogP contribution in [-0.2, 0) is 9.59 Å². The fraction of sp³-hybridized carbons (Fsp3) is 0.250. The van der Waals surface area contributed by atoms with Crippen molar-refractivity contribution in [3.8, 4) is 6.07 Å². The summed E-state index contributed by atoms with van der Waals surface area (Å²) < 4.78 is 0. The van der Waals surface area contributed by atoms with Crippen LogP contribution in [0.4, 0.5) is 0 Å². The average Bonchev–Trinajstić information content (AvgIpc) is 2.37. The first-order valence-corrected chi connectivity index (χ1v) is 5.48. The largest absolute Gasteiger partial charge is 0.481 e. The van der Waals surface area contributed by atoms with Crippen LogP contribution in [0.3, 0.4) is 0 Å². The van der Waals surface area contributed by atoms with Crippen LogP contribution in [0.25, 0.3) is 0 Å². The van der Waals surface area contributed by atoms with E-state index in [0.29, 0.717) is 11.3 Å². The van der Waals surface area contributed by atoms with Gasteiger partial charge in [0.1, 0.15) is 17.8 Å². The Hall–Kier alpha value is -2.95. The van der Waals surface area contributed by atoms with Crippen molar-refractivity contribution in [1.29, 1.82) is 5.26 Å². The Morgan fingerprint density at radius 2 is 2.05 bits per heavy atom. The van der Waals surface area contributed by atoms with Gasteiger partial charge in [-0.15, -0.1) is 0 Å². The van der Waals surface area contributed by atoms with Crippen LogP contribution < -0.4 is 5.32 Å². The van der Waals surface area contributed by atoms with Gasteiger partial charge < -0.3 is 15.5 Å². The number of carbonyl (C=O) groups is 3. The fourth-order valence-electron chi connectivity index (χ4n) is 1.41. The van der Waals surface area contributed by atoms with Crippen molar-refractivity contribution < 1.29 is 24.6 Å². The van der Waals surface area contributed by atoms with Crippen LogP contribution in [0.15, 0.2) is 12.1 Å². The summed E-state index contributed by atoms with van der Waals surface area (Å²) in [6, 6.07) is 2.98. The zero-order chi connectivity index (χ0) is 15.3. The summed E-state index contributed by atoms with van der Waals surface area (Å²) in [5.41, 5.74) is 0.533. The summed E-state index contributed by atoms with van der Waals surface area (Å²) in [5.74, 6) is -3.61. The average molecular weight is 277 g/mol. The highest BCUT2D eigenvalue weighted by Crippen LogP contribution is 2.06. The van der Waals surface area contributed by atoms with Crippen molar-refractivity contribution in [2.45, 2.75) is 19.4 Å². The first kappa shape index (κ1) is 15.1. The number of nitrogens with one attached hydrogen (secondary N) is 1. The van der Waals surface area contributed by atoms with Gasteiger partial charge in [0.15, 0.2) is 0 Å². The van der Waals surface area contributed by atoms with Gasteiger partial charge in [0.05, 0.1) is 17.7 Å². The number of carboxylic acids is 2. The van der Waals surface area contributed by atoms with Crippen molar-refractivity contribution in [1.82, 2.24) is 10.3 Å². The number of hydrogen-bond donors (Lipinski definition) is 3. The molecule has 1 aromatic heterocycles. The molecule has 1 amide bonds. The maximum atomic E-state index is 11.8. The highest BCUT2D eigenvalue weighted by atomic mass is 16.4. The number of aryl methyl sites for hydroxylation is 1. The molecular formula is C12H11N3O5. The van der Waals surface area contributed by atoms with E-state index in [1.165, 1.54) is 19.1 Å². The van der Waals surface area contributed by atoms with Crippen LogP contribution in [0.5, 0.6) is 0 Å². The van der Waals surface area contributed by atoms with Gasteiger partial charge in [0.2, 0.25) is 0 Å². The summed E-state index contributed by atoms with van der Waals surface area (Å²) in [6.07, 6.45) is -0.740. The molecule has 0 fully saturated rings. The van der Waals surface area contributed by atoms with Crippen LogP contribution in [0, 0.1) is 18.3 Å². The molecule has 0 bridgehead atoms. The third-order valence-corrected chi connectivity index (χ3v) is 2.42. The highest BCUT2D eigenvalue weighted by Gasteiger charge is 2.24. The predicted molar refractivity (Wildman–Crippen MR) is 64.8 cm³/mol. The van der Waals surface area contributed by atoms with Crippen molar-refractivity contribution in [3.63, 3.8) is 0 Å². The number of rotatable bonds is 5. The Labute approximate surface area is 113 Å². The van der Waals surface area contributed by atoms with Crippen molar-refractivity contribution in [2.75, 3.05) is 0 Å². The Kier molecular flexibility index (Phi) is 4.75. The second-order valence-electron chi connectivity index (χ2n) is 3.90. The minimum absolute atomic E-state index is 0.0851. The maximum Gasteiger partial charge on any atom is 0.326 e. The van der Waals surface area contributed by atoms with Crippen LogP contribution in [0.1, 0.15) is 28.2 Å². The lowest BCUT2D eigenvalue weighted by molar-refractivity contribution is -0.145. The number of amides is 1. The van der Waals surface area contributed by atoms with Crippen LogP contribution in [0.2, 0.25) is 0 Å². The normalized spacial score (nSPS) is 11.2. The monoisotopic (exact) mass is 277 g/mol. The molecule has 0 saturated carbocycles. The van der Waals surface area contributed by atoms with E-state index >= 15 is 0 Å². The van der Waals surface area contributed by atoms with Gasteiger partial charge >= 0.3 is 11.9 Å². The quantitative estimate of drug-likeness (QED) is 0.683. The molecule has 104 valence electrons. The second kappa shape index (κ2) is 6.29. The van der Waals surface area contributed by atoms with E-state index in [1.54, 1.807) is 0 Å². The molecule has 0 saturated heterocycles. The summed E-state index contributed by atoms with van der Waals surface area (Å²) in [4.78, 5) is 37.0. The van der Waals surface area contributed by atoms with Gasteiger partial charge in [-0.1, -0.05) is 0 Å². The third-order valence-electron chi connectivity index (χ3n) is 2.42. The lowest BCUT2D eigenvalue weighted by Gasteiger charge is -2.12. The van der Waals surface area contributed by atoms with Crippen molar-refractivity contribution >= 4 is 17.8 Å². The topological polar surface area (TPSA) is 140 Å². The first-order chi connectivity index (χ1) is 9.35. The molecule has 0 radical (unpaired) electrons. The molecular weight excluding hydrogens is 266 g/mol. The van der Waals surface area contributed by atoms with Gasteiger partial charge in [-0.2, -0.15) is 5.26 Å². The molecule has 0 spiro atoms. The Morgan fingerprint density at radius 1 is 1.40 bits per heavy atom. The fourth-order valence-corrected chi connectivity index (χ4v) is 1.41. The molecule has 1 atom stereocenters. The lowest BCUT2D eigenvalue weighted by Crippen LogP contribution is -2.42. The Balaban J connectivity index is 2.89. The molecule has 1 rings (SSSR count). The zero-order valence-corrected chi connectivity index (χ0v) is 10.5. The summed E-state index contributed by atoms with van der Waals surface area (Å²) in [6.45, 7) is 1.53. The highest BCUT2D eigenvalue weighted by molar-refractivity contribution is 5.96. The van der Waals surface area contributed by atoms with Gasteiger partial charge in [0.25, 0.3) is 5.91 Å². The number of nitriles is 1. The van der Waals surface area contributed by atoms with E-state index in [0.717, 1.165) is 0 Å². The number of pyridine rings is 1. The third kappa shape index (κ3) is 3.78. The van der Waals surface area contributed by atoms with E-state index in [2.05, 4.69) is 10.3 Å². The van der Waals surface area contributed by atoms with E-state index in [4.69, 9.17) is 15.5 Å². The van der Waals surface area contributed by atoms with E-state index < -0.39 is 30.3 Å². The van der Waals surface area contributed by atoms with E-state index in [9.17, 15) is 14.4 Å². The molecule has 0 aliphatic rings. The molecule has 8 nitrogen and oxygen atoms in total. The smallest absolute Gasteiger partial charge is 0.326 e. The first-order valence-electron chi connectivity index (χ1n) is 5.48. The van der Waals surface area contributed by atoms with Crippen molar-refractivity contribution in [2.24, 2.45) is 0 Å². The molecule has 3 N–H and O–H groups in total. The van der Waals surface area contributed by atoms with E-state index in [-0.39, 0.29) is 5.69 Å². The molecule has 0 aliphatic carbocycles. The van der Waals surface area contributed by atoms with Gasteiger partial charge in [-0.25, -0.2) is 9.78 Å². The molecule has 0 aromatic carbocycles. The van der Waals surface area contributed by atoms with Crippen LogP contribution in [-0.4, -0.2) is 39.1 Å². The molecule has 0 aliphatic heterocycles. The number of hydrogen-bond acceptors (Lipinski definition) is 5. The number of aromatic nitrogens is 1. The zero-order valence-electron chi connectivity index (χ0n) is 10.5. The minimum atomic E-state index is -1.54. The Morgan fingerprint density at radius 3 is 2.50 bits per heavy atom. The Bertz CT molecular complexity index is 606. The summed E-state index contributed by atoms with van der Waals surface area (Å²) >= 11 is 0.